The van der Waals surface area contributed by atoms with Crippen molar-refractivity contribution in [2.75, 3.05) is 27.3 Å². The number of carbonyl (C=O) groups excluding carboxylic acids is 1. The highest BCUT2D eigenvalue weighted by atomic mass is 16.5. The number of benzene rings is 1. The lowest BCUT2D eigenvalue weighted by molar-refractivity contribution is 0.0883. The zero-order valence-corrected chi connectivity index (χ0v) is 19.1. The molecule has 0 radical (unpaired) electrons. The molecule has 33 heavy (non-hydrogen) atoms. The maximum atomic E-state index is 12.9. The second-order valence-corrected chi connectivity index (χ2v) is 8.19. The summed E-state index contributed by atoms with van der Waals surface area (Å²) in [5.41, 5.74) is 2.41. The van der Waals surface area contributed by atoms with Gasteiger partial charge >= 0.3 is 0 Å². The Bertz CT molecular complexity index is 1040. The highest BCUT2D eigenvalue weighted by Crippen LogP contribution is 2.34. The van der Waals surface area contributed by atoms with Gasteiger partial charge in [-0.15, -0.1) is 0 Å². The number of piperidine rings is 1. The maximum absolute atomic E-state index is 12.9. The SMILES string of the molecule is COc1cccc(CN2CCC([C@@H](NC(=O)c3ccccn3)c3ccccn3)CC2)c1OC. The summed E-state index contributed by atoms with van der Waals surface area (Å²) in [7, 11) is 3.33. The Morgan fingerprint density at radius 2 is 1.76 bits per heavy atom. The molecule has 0 unspecified atom stereocenters. The van der Waals surface area contributed by atoms with Gasteiger partial charge in [-0.25, -0.2) is 0 Å². The predicted molar refractivity (Wildman–Crippen MR) is 126 cm³/mol. The van der Waals surface area contributed by atoms with Crippen LogP contribution in [0, 0.1) is 5.92 Å². The first-order valence-corrected chi connectivity index (χ1v) is 11.2. The van der Waals surface area contributed by atoms with Crippen LogP contribution in [-0.2, 0) is 6.54 Å². The van der Waals surface area contributed by atoms with E-state index in [0.29, 0.717) is 5.69 Å². The highest BCUT2D eigenvalue weighted by Gasteiger charge is 2.30. The van der Waals surface area contributed by atoms with E-state index in [9.17, 15) is 4.79 Å². The summed E-state index contributed by atoms with van der Waals surface area (Å²) in [4.78, 5) is 24.0. The van der Waals surface area contributed by atoms with Crippen LogP contribution in [0.4, 0.5) is 0 Å². The average Bonchev–Trinajstić information content (AvgIpc) is 2.88. The molecule has 2 aromatic heterocycles. The number of nitrogens with zero attached hydrogens (tertiary/aromatic N) is 3. The van der Waals surface area contributed by atoms with Gasteiger partial charge in [0.1, 0.15) is 5.69 Å². The van der Waals surface area contributed by atoms with E-state index in [0.717, 1.165) is 55.2 Å². The molecule has 7 heteroatoms. The first kappa shape index (κ1) is 22.7. The topological polar surface area (TPSA) is 76.6 Å². The molecule has 1 aliphatic rings. The fourth-order valence-corrected chi connectivity index (χ4v) is 4.47. The van der Waals surface area contributed by atoms with Crippen molar-refractivity contribution in [1.29, 1.82) is 0 Å². The lowest BCUT2D eigenvalue weighted by Crippen LogP contribution is -2.41. The smallest absolute Gasteiger partial charge is 0.270 e. The molecule has 1 fully saturated rings. The summed E-state index contributed by atoms with van der Waals surface area (Å²) in [5.74, 6) is 1.65. The largest absolute Gasteiger partial charge is 0.493 e. The van der Waals surface area contributed by atoms with Gasteiger partial charge in [-0.05, 0) is 62.2 Å². The monoisotopic (exact) mass is 446 g/mol. The standard InChI is InChI=1S/C26H30N4O3/c1-32-23-11-7-8-20(25(23)33-2)18-30-16-12-19(13-17-30)24(21-9-3-5-14-27-21)29-26(31)22-10-4-6-15-28-22/h3-11,14-15,19,24H,12-13,16-18H2,1-2H3,(H,29,31)/t24-/m1/s1. The van der Waals surface area contributed by atoms with E-state index < -0.39 is 0 Å². The first-order valence-electron chi connectivity index (χ1n) is 11.2. The van der Waals surface area contributed by atoms with Crippen LogP contribution >= 0.6 is 0 Å². The minimum absolute atomic E-state index is 0.158. The lowest BCUT2D eigenvalue weighted by atomic mass is 9.87. The van der Waals surface area contributed by atoms with Crippen LogP contribution in [0.5, 0.6) is 11.5 Å². The van der Waals surface area contributed by atoms with Crippen molar-refractivity contribution >= 4 is 5.91 Å². The van der Waals surface area contributed by atoms with Crippen molar-refractivity contribution < 1.29 is 14.3 Å². The quantitative estimate of drug-likeness (QED) is 0.566. The zero-order valence-electron chi connectivity index (χ0n) is 19.1. The normalized spacial score (nSPS) is 15.6. The molecular weight excluding hydrogens is 416 g/mol. The zero-order chi connectivity index (χ0) is 23.0. The second kappa shape index (κ2) is 10.9. The lowest BCUT2D eigenvalue weighted by Gasteiger charge is -2.36. The van der Waals surface area contributed by atoms with Crippen molar-refractivity contribution in [3.63, 3.8) is 0 Å². The fourth-order valence-electron chi connectivity index (χ4n) is 4.47. The predicted octanol–water partition coefficient (Wildman–Crippen LogP) is 3.88. The van der Waals surface area contributed by atoms with Crippen LogP contribution < -0.4 is 14.8 Å². The van der Waals surface area contributed by atoms with E-state index in [1.165, 1.54) is 0 Å². The van der Waals surface area contributed by atoms with Crippen LogP contribution in [0.3, 0.4) is 0 Å². The minimum atomic E-state index is -0.171. The Kier molecular flexibility index (Phi) is 7.52. The number of methoxy groups -OCH3 is 2. The number of nitrogens with one attached hydrogen (secondary N) is 1. The summed E-state index contributed by atoms with van der Waals surface area (Å²) in [5, 5.41) is 3.20. The number of para-hydroxylation sites is 1. The summed E-state index contributed by atoms with van der Waals surface area (Å²) in [6.07, 6.45) is 5.32. The van der Waals surface area contributed by atoms with Crippen LogP contribution in [0.15, 0.2) is 67.0 Å². The molecule has 0 bridgehead atoms. The summed E-state index contributed by atoms with van der Waals surface area (Å²) >= 11 is 0. The molecular formula is C26H30N4O3. The molecule has 0 spiro atoms. The number of pyridine rings is 2. The molecule has 1 saturated heterocycles. The van der Waals surface area contributed by atoms with Crippen molar-refractivity contribution in [2.45, 2.75) is 25.4 Å². The van der Waals surface area contributed by atoms with Crippen LogP contribution in [0.2, 0.25) is 0 Å². The number of ether oxygens (including phenoxy) is 2. The van der Waals surface area contributed by atoms with E-state index in [2.05, 4.69) is 26.3 Å². The van der Waals surface area contributed by atoms with Gasteiger partial charge in [-0.3, -0.25) is 19.7 Å². The molecule has 172 valence electrons. The molecule has 0 aliphatic carbocycles. The van der Waals surface area contributed by atoms with Crippen LogP contribution in [-0.4, -0.2) is 48.1 Å². The summed E-state index contributed by atoms with van der Waals surface area (Å²) < 4.78 is 11.0. The summed E-state index contributed by atoms with van der Waals surface area (Å²) in [6.45, 7) is 2.64. The Morgan fingerprint density at radius 1 is 1.00 bits per heavy atom. The number of rotatable bonds is 8. The molecule has 1 N–H and O–H groups in total. The second-order valence-electron chi connectivity index (χ2n) is 8.19. The number of amides is 1. The number of carbonyl (C=O) groups is 1. The van der Waals surface area contributed by atoms with E-state index >= 15 is 0 Å². The molecule has 3 heterocycles. The van der Waals surface area contributed by atoms with Gasteiger partial charge in [-0.2, -0.15) is 0 Å². The van der Waals surface area contributed by atoms with Crippen LogP contribution in [0.1, 0.15) is 40.6 Å². The third kappa shape index (κ3) is 5.49. The molecule has 7 nitrogen and oxygen atoms in total. The highest BCUT2D eigenvalue weighted by molar-refractivity contribution is 5.92. The molecule has 3 aromatic rings. The van der Waals surface area contributed by atoms with Crippen molar-refractivity contribution in [1.82, 2.24) is 20.2 Å². The van der Waals surface area contributed by atoms with E-state index in [4.69, 9.17) is 9.47 Å². The molecule has 0 saturated carbocycles. The number of aromatic nitrogens is 2. The maximum Gasteiger partial charge on any atom is 0.270 e. The van der Waals surface area contributed by atoms with E-state index in [-0.39, 0.29) is 17.9 Å². The van der Waals surface area contributed by atoms with Crippen LogP contribution in [0.25, 0.3) is 0 Å². The average molecular weight is 447 g/mol. The Labute approximate surface area is 194 Å². The van der Waals surface area contributed by atoms with Gasteiger partial charge < -0.3 is 14.8 Å². The van der Waals surface area contributed by atoms with Crippen molar-refractivity contribution in [3.05, 3.63) is 83.9 Å². The van der Waals surface area contributed by atoms with Gasteiger partial charge in [0.2, 0.25) is 0 Å². The van der Waals surface area contributed by atoms with Gasteiger partial charge in [0, 0.05) is 24.5 Å². The third-order valence-electron chi connectivity index (χ3n) is 6.17. The number of hydrogen-bond acceptors (Lipinski definition) is 6. The Hall–Kier alpha value is -3.45. The van der Waals surface area contributed by atoms with Crippen molar-refractivity contribution in [2.24, 2.45) is 5.92 Å². The molecule has 1 aliphatic heterocycles. The van der Waals surface area contributed by atoms with Gasteiger partial charge in [-0.1, -0.05) is 24.3 Å². The van der Waals surface area contributed by atoms with Gasteiger partial charge in [0.15, 0.2) is 11.5 Å². The molecule has 1 atom stereocenters. The number of likely N-dealkylation sites (tertiary alicyclic amines) is 1. The van der Waals surface area contributed by atoms with E-state index in [1.54, 1.807) is 38.7 Å². The third-order valence-corrected chi connectivity index (χ3v) is 6.17. The minimum Gasteiger partial charge on any atom is -0.493 e. The van der Waals surface area contributed by atoms with Gasteiger partial charge in [0.25, 0.3) is 5.91 Å². The van der Waals surface area contributed by atoms with Gasteiger partial charge in [0.05, 0.1) is 26.0 Å². The first-order chi connectivity index (χ1) is 16.2. The number of hydrogen-bond donors (Lipinski definition) is 1. The Morgan fingerprint density at radius 3 is 2.39 bits per heavy atom. The molecule has 1 aromatic carbocycles. The summed E-state index contributed by atoms with van der Waals surface area (Å²) in [6, 6.07) is 17.0. The fraction of sp³-hybridized carbons (Fsp3) is 0.346. The molecule has 4 rings (SSSR count). The van der Waals surface area contributed by atoms with Crippen molar-refractivity contribution in [3.8, 4) is 11.5 Å². The molecule has 1 amide bonds. The Balaban J connectivity index is 1.45. The van der Waals surface area contributed by atoms with E-state index in [1.807, 2.05) is 36.4 Å².